The summed E-state index contributed by atoms with van der Waals surface area (Å²) in [5.74, 6) is 1.58. The maximum atomic E-state index is 13.1. The van der Waals surface area contributed by atoms with Crippen LogP contribution in [0.1, 0.15) is 21.6 Å². The first-order valence-corrected chi connectivity index (χ1v) is 12.1. The molecule has 2 heterocycles. The fourth-order valence-electron chi connectivity index (χ4n) is 3.89. The molecule has 1 aliphatic heterocycles. The lowest BCUT2D eigenvalue weighted by molar-refractivity contribution is -0.117. The van der Waals surface area contributed by atoms with Crippen molar-refractivity contribution < 1.29 is 19.1 Å². The number of hydrogen-bond acceptors (Lipinski definition) is 6. The number of benzene rings is 2. The van der Waals surface area contributed by atoms with Crippen LogP contribution in [0.2, 0.25) is 0 Å². The summed E-state index contributed by atoms with van der Waals surface area (Å²) in [6, 6.07) is 16.5. The average molecular weight is 509 g/mol. The van der Waals surface area contributed by atoms with Crippen LogP contribution in [0.5, 0.6) is 17.2 Å². The number of rotatable bonds is 9. The molecule has 0 spiro atoms. The van der Waals surface area contributed by atoms with Crippen molar-refractivity contribution in [3.8, 4) is 17.2 Å². The molecule has 2 amide bonds. The van der Waals surface area contributed by atoms with E-state index in [0.29, 0.717) is 30.4 Å². The molecule has 0 saturated heterocycles. The number of ether oxygens (including phenoxy) is 2. The lowest BCUT2D eigenvalue weighted by atomic mass is 10.1. The van der Waals surface area contributed by atoms with Crippen molar-refractivity contribution in [2.24, 2.45) is 0 Å². The largest absolute Gasteiger partial charge is 0.491 e. The first-order chi connectivity index (χ1) is 17.3. The molecule has 0 radical (unpaired) electrons. The van der Waals surface area contributed by atoms with E-state index >= 15 is 0 Å². The molecule has 2 aromatic carbocycles. The van der Waals surface area contributed by atoms with Gasteiger partial charge in [0.15, 0.2) is 0 Å². The number of aromatic nitrogens is 1. The highest BCUT2D eigenvalue weighted by atomic mass is 35.5. The summed E-state index contributed by atoms with van der Waals surface area (Å²) in [6.07, 6.45) is 2.54. The van der Waals surface area contributed by atoms with Crippen LogP contribution in [-0.4, -0.2) is 61.5 Å². The molecule has 1 unspecified atom stereocenters. The van der Waals surface area contributed by atoms with E-state index in [9.17, 15) is 9.59 Å². The highest BCUT2D eigenvalue weighted by Crippen LogP contribution is 2.33. The fourth-order valence-corrected chi connectivity index (χ4v) is 3.96. The first-order valence-electron chi connectivity index (χ1n) is 11.7. The molecule has 1 aliphatic rings. The minimum Gasteiger partial charge on any atom is -0.491 e. The molecule has 1 atom stereocenters. The Kier molecular flexibility index (Phi) is 8.07. The number of carbonyl (C=O) groups is 2. The van der Waals surface area contributed by atoms with Crippen LogP contribution < -0.4 is 19.7 Å². The predicted molar refractivity (Wildman–Crippen MR) is 139 cm³/mol. The number of alkyl halides is 1. The Morgan fingerprint density at radius 3 is 2.69 bits per heavy atom. The zero-order valence-electron chi connectivity index (χ0n) is 20.5. The predicted octanol–water partition coefficient (Wildman–Crippen LogP) is 3.87. The molecule has 8 nitrogen and oxygen atoms in total. The van der Waals surface area contributed by atoms with Gasteiger partial charge in [0.05, 0.1) is 6.42 Å². The molecule has 1 N–H and O–H groups in total. The number of nitrogens with zero attached hydrogens (tertiary/aromatic N) is 3. The molecule has 188 valence electrons. The highest BCUT2D eigenvalue weighted by molar-refractivity contribution is 6.20. The van der Waals surface area contributed by atoms with Gasteiger partial charge in [-0.1, -0.05) is 12.1 Å². The lowest BCUT2D eigenvalue weighted by Gasteiger charge is -2.19. The molecule has 3 aromatic rings. The van der Waals surface area contributed by atoms with Crippen molar-refractivity contribution in [3.05, 3.63) is 77.6 Å². The van der Waals surface area contributed by atoms with Crippen LogP contribution >= 0.6 is 11.6 Å². The number of pyridine rings is 1. The number of carbonyl (C=O) groups excluding carboxylic acids is 2. The van der Waals surface area contributed by atoms with Crippen molar-refractivity contribution in [1.29, 1.82) is 0 Å². The second kappa shape index (κ2) is 11.4. The van der Waals surface area contributed by atoms with Gasteiger partial charge in [0.25, 0.3) is 5.91 Å². The quantitative estimate of drug-likeness (QED) is 0.349. The van der Waals surface area contributed by atoms with E-state index in [4.69, 9.17) is 21.1 Å². The van der Waals surface area contributed by atoms with Crippen LogP contribution in [0.4, 0.5) is 5.69 Å². The zero-order valence-corrected chi connectivity index (χ0v) is 21.3. The standard InChI is InChI=1S/C27H29ClN4O4/c1-29-27(34)23-16-22(9-11-30-23)36-21-7-8-24-19(15-21)10-12-32(24)26(33)14-18-5-4-6-20(13-18)35-17-25(28)31(2)3/h4-9,11,13,15-16,25H,10,12,14,17H2,1-3H3,(H,29,34). The monoisotopic (exact) mass is 508 g/mol. The first kappa shape index (κ1) is 25.5. The molecule has 0 saturated carbocycles. The third kappa shape index (κ3) is 6.13. The minimum absolute atomic E-state index is 0.0208. The van der Waals surface area contributed by atoms with Crippen molar-refractivity contribution in [3.63, 3.8) is 0 Å². The maximum absolute atomic E-state index is 13.1. The Bertz CT molecular complexity index is 1250. The number of fused-ring (bicyclic) bond motifs is 1. The van der Waals surface area contributed by atoms with Crippen molar-refractivity contribution in [1.82, 2.24) is 15.2 Å². The zero-order chi connectivity index (χ0) is 25.7. The van der Waals surface area contributed by atoms with Crippen molar-refractivity contribution in [2.75, 3.05) is 39.2 Å². The third-order valence-electron chi connectivity index (χ3n) is 5.88. The Morgan fingerprint density at radius 2 is 1.92 bits per heavy atom. The van der Waals surface area contributed by atoms with E-state index in [0.717, 1.165) is 23.2 Å². The molecular weight excluding hydrogens is 480 g/mol. The van der Waals surface area contributed by atoms with Gasteiger partial charge in [0, 0.05) is 31.5 Å². The molecule has 0 aliphatic carbocycles. The maximum Gasteiger partial charge on any atom is 0.269 e. The topological polar surface area (TPSA) is 84.0 Å². The lowest BCUT2D eigenvalue weighted by Crippen LogP contribution is -2.30. The van der Waals surface area contributed by atoms with Gasteiger partial charge in [-0.3, -0.25) is 19.5 Å². The van der Waals surface area contributed by atoms with Gasteiger partial charge in [0.2, 0.25) is 5.91 Å². The minimum atomic E-state index is -0.280. The van der Waals surface area contributed by atoms with E-state index in [1.807, 2.05) is 66.4 Å². The number of halogens is 1. The normalized spacial score (nSPS) is 13.3. The van der Waals surface area contributed by atoms with E-state index < -0.39 is 0 Å². The third-order valence-corrected chi connectivity index (χ3v) is 6.39. The Morgan fingerprint density at radius 1 is 1.11 bits per heavy atom. The van der Waals surface area contributed by atoms with Gasteiger partial charge in [-0.05, 0) is 68.0 Å². The molecule has 1 aromatic heterocycles. The highest BCUT2D eigenvalue weighted by Gasteiger charge is 2.25. The van der Waals surface area contributed by atoms with Gasteiger partial charge in [0.1, 0.15) is 35.1 Å². The number of nitrogens with one attached hydrogen (secondary N) is 1. The Balaban J connectivity index is 1.40. The summed E-state index contributed by atoms with van der Waals surface area (Å²) in [5, 5.41) is 2.55. The van der Waals surface area contributed by atoms with E-state index in [1.54, 1.807) is 19.2 Å². The molecule has 0 fully saturated rings. The Labute approximate surface area is 215 Å². The van der Waals surface area contributed by atoms with E-state index in [1.165, 1.54) is 6.20 Å². The molecule has 4 rings (SSSR count). The van der Waals surface area contributed by atoms with Gasteiger partial charge >= 0.3 is 0 Å². The Hall–Kier alpha value is -3.62. The van der Waals surface area contributed by atoms with E-state index in [-0.39, 0.29) is 29.4 Å². The summed E-state index contributed by atoms with van der Waals surface area (Å²) in [7, 11) is 5.33. The van der Waals surface area contributed by atoms with Crippen LogP contribution in [-0.2, 0) is 17.6 Å². The molecule has 36 heavy (non-hydrogen) atoms. The van der Waals surface area contributed by atoms with Crippen LogP contribution in [0.15, 0.2) is 60.8 Å². The number of amides is 2. The second-order valence-electron chi connectivity index (χ2n) is 8.68. The summed E-state index contributed by atoms with van der Waals surface area (Å²) < 4.78 is 11.7. The average Bonchev–Trinajstić information content (AvgIpc) is 3.30. The summed E-state index contributed by atoms with van der Waals surface area (Å²) in [4.78, 5) is 32.7. The van der Waals surface area contributed by atoms with Crippen LogP contribution in [0.25, 0.3) is 0 Å². The fraction of sp³-hybridized carbons (Fsp3) is 0.296. The SMILES string of the molecule is CNC(=O)c1cc(Oc2ccc3c(c2)CCN3C(=O)Cc2cccc(OCC(Cl)N(C)C)c2)ccn1. The second-order valence-corrected chi connectivity index (χ2v) is 9.18. The van der Waals surface area contributed by atoms with Gasteiger partial charge in [-0.25, -0.2) is 0 Å². The molecular formula is C27H29ClN4O4. The van der Waals surface area contributed by atoms with Crippen molar-refractivity contribution in [2.45, 2.75) is 18.3 Å². The number of hydrogen-bond donors (Lipinski definition) is 1. The van der Waals surface area contributed by atoms with Crippen molar-refractivity contribution >= 4 is 29.1 Å². The smallest absolute Gasteiger partial charge is 0.269 e. The van der Waals surface area contributed by atoms with Gasteiger partial charge in [-0.2, -0.15) is 0 Å². The van der Waals surface area contributed by atoms with Crippen LogP contribution in [0.3, 0.4) is 0 Å². The van der Waals surface area contributed by atoms with Crippen LogP contribution in [0, 0.1) is 0 Å². The van der Waals surface area contributed by atoms with Gasteiger partial charge < -0.3 is 19.7 Å². The summed E-state index contributed by atoms with van der Waals surface area (Å²) in [6.45, 7) is 0.961. The summed E-state index contributed by atoms with van der Waals surface area (Å²) >= 11 is 6.22. The number of likely N-dealkylation sites (N-methyl/N-ethyl adjacent to an activating group) is 1. The number of anilines is 1. The molecule has 0 bridgehead atoms. The summed E-state index contributed by atoms with van der Waals surface area (Å²) in [5.41, 5.74) is 2.85. The van der Waals surface area contributed by atoms with E-state index in [2.05, 4.69) is 10.3 Å². The van der Waals surface area contributed by atoms with Gasteiger partial charge in [-0.15, -0.1) is 11.6 Å². The molecule has 9 heteroatoms.